The van der Waals surface area contributed by atoms with Crippen LogP contribution in [0.4, 0.5) is 5.69 Å². The van der Waals surface area contributed by atoms with Gasteiger partial charge in [-0.05, 0) is 47.8 Å². The van der Waals surface area contributed by atoms with Crippen LogP contribution in [0.2, 0.25) is 5.02 Å². The average molecular weight is 398 g/mol. The van der Waals surface area contributed by atoms with E-state index in [1.165, 1.54) is 0 Å². The highest BCUT2D eigenvalue weighted by atomic mass is 35.5. The summed E-state index contributed by atoms with van der Waals surface area (Å²) < 4.78 is 10.8. The highest BCUT2D eigenvalue weighted by Crippen LogP contribution is 2.32. The van der Waals surface area contributed by atoms with Crippen LogP contribution in [-0.4, -0.2) is 25.8 Å². The molecule has 3 aromatic rings. The maximum atomic E-state index is 6.26. The van der Waals surface area contributed by atoms with E-state index in [9.17, 15) is 0 Å². The van der Waals surface area contributed by atoms with E-state index in [0.29, 0.717) is 22.4 Å². The molecule has 0 saturated carbocycles. The van der Waals surface area contributed by atoms with Gasteiger partial charge in [-0.3, -0.25) is 5.43 Å². The fraction of sp³-hybridized carbons (Fsp3) is 0.100. The van der Waals surface area contributed by atoms with E-state index in [2.05, 4.69) is 10.5 Å². The molecule has 5 nitrogen and oxygen atoms in total. The van der Waals surface area contributed by atoms with Gasteiger partial charge in [0.2, 0.25) is 0 Å². The monoisotopic (exact) mass is 397 g/mol. The predicted molar refractivity (Wildman–Crippen MR) is 110 cm³/mol. The van der Waals surface area contributed by atoms with Gasteiger partial charge in [0, 0.05) is 16.1 Å². The molecule has 0 aliphatic carbocycles. The van der Waals surface area contributed by atoms with Gasteiger partial charge in [-0.1, -0.05) is 17.7 Å². The summed E-state index contributed by atoms with van der Waals surface area (Å²) in [6.07, 6.45) is 0. The molecule has 1 aliphatic heterocycles. The Morgan fingerprint density at radius 3 is 2.59 bits per heavy atom. The summed E-state index contributed by atoms with van der Waals surface area (Å²) in [7, 11) is 3.22. The molecule has 1 aromatic heterocycles. The van der Waals surface area contributed by atoms with Crippen LogP contribution in [0.15, 0.2) is 64.0 Å². The minimum atomic E-state index is 0.622. The van der Waals surface area contributed by atoms with E-state index in [1.54, 1.807) is 25.6 Å². The summed E-state index contributed by atoms with van der Waals surface area (Å²) in [5.41, 5.74) is 6.33. The van der Waals surface area contributed by atoms with E-state index in [0.717, 1.165) is 27.4 Å². The van der Waals surface area contributed by atoms with Crippen molar-refractivity contribution in [1.29, 1.82) is 0 Å². The number of amidine groups is 1. The van der Waals surface area contributed by atoms with Gasteiger partial charge in [-0.25, -0.2) is 4.99 Å². The Labute approximate surface area is 165 Å². The molecule has 27 heavy (non-hydrogen) atoms. The number of nitrogens with one attached hydrogen (secondary N) is 1. The number of benzene rings is 2. The second-order valence-corrected chi connectivity index (χ2v) is 7.13. The fourth-order valence-corrected chi connectivity index (χ4v) is 3.67. The van der Waals surface area contributed by atoms with Crippen LogP contribution in [-0.2, 0) is 0 Å². The number of methoxy groups -OCH3 is 2. The average Bonchev–Trinajstić information content (AvgIpc) is 3.16. The van der Waals surface area contributed by atoms with Crippen LogP contribution in [0.5, 0.6) is 11.5 Å². The first-order valence-electron chi connectivity index (χ1n) is 8.18. The lowest BCUT2D eigenvalue weighted by Crippen LogP contribution is -2.18. The Kier molecular flexibility index (Phi) is 4.83. The smallest absolute Gasteiger partial charge is 0.164 e. The number of hydrazone groups is 1. The van der Waals surface area contributed by atoms with Gasteiger partial charge in [0.25, 0.3) is 0 Å². The van der Waals surface area contributed by atoms with Crippen molar-refractivity contribution in [2.24, 2.45) is 10.1 Å². The largest absolute Gasteiger partial charge is 0.493 e. The van der Waals surface area contributed by atoms with Gasteiger partial charge in [-0.2, -0.15) is 5.10 Å². The molecule has 0 amide bonds. The molecule has 0 spiro atoms. The number of rotatable bonds is 4. The quantitative estimate of drug-likeness (QED) is 0.684. The lowest BCUT2D eigenvalue weighted by molar-refractivity contribution is 0.355. The van der Waals surface area contributed by atoms with Crippen molar-refractivity contribution in [1.82, 2.24) is 5.43 Å². The number of ether oxygens (including phenoxy) is 2. The van der Waals surface area contributed by atoms with Crippen molar-refractivity contribution in [3.05, 3.63) is 74.9 Å². The van der Waals surface area contributed by atoms with Crippen LogP contribution >= 0.6 is 22.9 Å². The summed E-state index contributed by atoms with van der Waals surface area (Å²) in [6, 6.07) is 15.3. The third-order valence-corrected chi connectivity index (χ3v) is 5.24. The van der Waals surface area contributed by atoms with Crippen LogP contribution < -0.4 is 14.9 Å². The molecule has 0 saturated heterocycles. The Morgan fingerprint density at radius 1 is 1.00 bits per heavy atom. The third-order valence-electron chi connectivity index (χ3n) is 4.13. The van der Waals surface area contributed by atoms with E-state index in [-0.39, 0.29) is 0 Å². The Bertz CT molecular complexity index is 1050. The molecular formula is C20H16ClN3O2S. The molecule has 0 unspecified atom stereocenters. The normalized spacial score (nSPS) is 13.0. The van der Waals surface area contributed by atoms with Crippen LogP contribution in [0.25, 0.3) is 0 Å². The van der Waals surface area contributed by atoms with Gasteiger partial charge < -0.3 is 9.47 Å². The molecule has 0 atom stereocenters. The molecule has 136 valence electrons. The van der Waals surface area contributed by atoms with Gasteiger partial charge in [0.15, 0.2) is 17.3 Å². The number of nitrogens with zero attached hydrogens (tertiary/aromatic N) is 2. The third kappa shape index (κ3) is 3.41. The minimum Gasteiger partial charge on any atom is -0.493 e. The van der Waals surface area contributed by atoms with Crippen LogP contribution in [0.1, 0.15) is 16.0 Å². The summed E-state index contributed by atoms with van der Waals surface area (Å²) >= 11 is 7.86. The first kappa shape index (κ1) is 17.6. The van der Waals surface area contributed by atoms with E-state index < -0.39 is 0 Å². The van der Waals surface area contributed by atoms with Gasteiger partial charge in [0.1, 0.15) is 5.71 Å². The van der Waals surface area contributed by atoms with Crippen molar-refractivity contribution >= 4 is 40.2 Å². The summed E-state index contributed by atoms with van der Waals surface area (Å²) in [4.78, 5) is 5.77. The minimum absolute atomic E-state index is 0.622. The first-order chi connectivity index (χ1) is 13.2. The van der Waals surface area contributed by atoms with Crippen molar-refractivity contribution in [3.8, 4) is 11.5 Å². The summed E-state index contributed by atoms with van der Waals surface area (Å²) in [6.45, 7) is 0. The summed E-state index contributed by atoms with van der Waals surface area (Å²) in [5.74, 6) is 1.99. The van der Waals surface area contributed by atoms with Crippen molar-refractivity contribution in [3.63, 3.8) is 0 Å². The zero-order valence-electron chi connectivity index (χ0n) is 14.7. The Morgan fingerprint density at radius 2 is 1.85 bits per heavy atom. The number of hydrogen-bond donors (Lipinski definition) is 1. The maximum absolute atomic E-state index is 6.26. The van der Waals surface area contributed by atoms with Crippen LogP contribution in [0.3, 0.4) is 0 Å². The number of thiophene rings is 1. The van der Waals surface area contributed by atoms with Crippen LogP contribution in [0, 0.1) is 0 Å². The number of aliphatic imine (C=N–C) groups is 1. The highest BCUT2D eigenvalue weighted by molar-refractivity contribution is 7.12. The second kappa shape index (κ2) is 7.42. The zero-order chi connectivity index (χ0) is 18.8. The summed E-state index contributed by atoms with van der Waals surface area (Å²) in [5, 5.41) is 7.26. The molecule has 1 aliphatic rings. The first-order valence-corrected chi connectivity index (χ1v) is 9.44. The molecule has 1 N–H and O–H groups in total. The Balaban J connectivity index is 1.86. The van der Waals surface area contributed by atoms with E-state index >= 15 is 0 Å². The highest BCUT2D eigenvalue weighted by Gasteiger charge is 2.19. The SMILES string of the molecule is COc1ccc(C2=NNC(c3cccs3)=Nc3ccc(Cl)cc32)cc1OC. The molecule has 4 rings (SSSR count). The Hall–Kier alpha value is -2.83. The van der Waals surface area contributed by atoms with Crippen molar-refractivity contribution in [2.45, 2.75) is 0 Å². The van der Waals surface area contributed by atoms with E-state index in [1.807, 2.05) is 53.9 Å². The molecule has 7 heteroatoms. The molecule has 0 bridgehead atoms. The lowest BCUT2D eigenvalue weighted by atomic mass is 10.0. The second-order valence-electron chi connectivity index (χ2n) is 5.74. The van der Waals surface area contributed by atoms with Crippen molar-refractivity contribution in [2.75, 3.05) is 14.2 Å². The fourth-order valence-electron chi connectivity index (χ4n) is 2.84. The number of halogens is 1. The molecule has 2 heterocycles. The number of hydrogen-bond acceptors (Lipinski definition) is 6. The molecular weight excluding hydrogens is 382 g/mol. The topological polar surface area (TPSA) is 55.2 Å². The molecule has 2 aromatic carbocycles. The van der Waals surface area contributed by atoms with Gasteiger partial charge in [0.05, 0.1) is 24.8 Å². The van der Waals surface area contributed by atoms with E-state index in [4.69, 9.17) is 26.1 Å². The standard InChI is InChI=1S/C20H16ClN3O2S/c1-25-16-8-5-12(10-17(16)26-2)19-14-11-13(21)6-7-15(14)22-20(24-23-19)18-4-3-9-27-18/h3-11H,1-2H3,(H,22,24). The predicted octanol–water partition coefficient (Wildman–Crippen LogP) is 4.85. The van der Waals surface area contributed by atoms with Gasteiger partial charge >= 0.3 is 0 Å². The van der Waals surface area contributed by atoms with Gasteiger partial charge in [-0.15, -0.1) is 11.3 Å². The lowest BCUT2D eigenvalue weighted by Gasteiger charge is -2.12. The zero-order valence-corrected chi connectivity index (χ0v) is 16.3. The number of fused-ring (bicyclic) bond motifs is 1. The molecule has 0 fully saturated rings. The maximum Gasteiger partial charge on any atom is 0.164 e. The van der Waals surface area contributed by atoms with Crippen molar-refractivity contribution < 1.29 is 9.47 Å². The molecule has 0 radical (unpaired) electrons.